The normalized spacial score (nSPS) is 28.6. The topological polar surface area (TPSA) is 42.2 Å². The van der Waals surface area contributed by atoms with Crippen molar-refractivity contribution in [2.24, 2.45) is 11.8 Å². The van der Waals surface area contributed by atoms with Gasteiger partial charge >= 0.3 is 0 Å². The van der Waals surface area contributed by atoms with Gasteiger partial charge in [0.25, 0.3) is 0 Å². The van der Waals surface area contributed by atoms with Crippen molar-refractivity contribution in [3.05, 3.63) is 30.2 Å². The van der Waals surface area contributed by atoms with Crippen molar-refractivity contribution < 1.29 is 0 Å². The third-order valence-corrected chi connectivity index (χ3v) is 4.65. The van der Waals surface area contributed by atoms with Crippen LogP contribution in [-0.4, -0.2) is 20.6 Å². The first-order chi connectivity index (χ1) is 9.65. The van der Waals surface area contributed by atoms with E-state index >= 15 is 0 Å². The molecule has 4 unspecified atom stereocenters. The summed E-state index contributed by atoms with van der Waals surface area (Å²) < 4.78 is 2.08. The van der Waals surface area contributed by atoms with Gasteiger partial charge in [0, 0.05) is 12.2 Å². The SMILES string of the molecule is CC1CCC(C)C(NC(C)c2nnc3ccccn23)C1. The van der Waals surface area contributed by atoms with Crippen LogP contribution in [0.5, 0.6) is 0 Å². The van der Waals surface area contributed by atoms with Crippen LogP contribution in [0.25, 0.3) is 5.65 Å². The molecule has 0 bridgehead atoms. The zero-order valence-corrected chi connectivity index (χ0v) is 12.6. The molecule has 0 aromatic carbocycles. The van der Waals surface area contributed by atoms with E-state index in [1.165, 1.54) is 19.3 Å². The first-order valence-corrected chi connectivity index (χ1v) is 7.71. The summed E-state index contributed by atoms with van der Waals surface area (Å²) in [5, 5.41) is 12.4. The molecule has 1 fully saturated rings. The highest BCUT2D eigenvalue weighted by Gasteiger charge is 2.27. The molecule has 0 spiro atoms. The number of aromatic nitrogens is 3. The van der Waals surface area contributed by atoms with Gasteiger partial charge in [-0.1, -0.05) is 26.3 Å². The number of nitrogens with one attached hydrogen (secondary N) is 1. The van der Waals surface area contributed by atoms with Gasteiger partial charge in [0.2, 0.25) is 0 Å². The quantitative estimate of drug-likeness (QED) is 0.933. The van der Waals surface area contributed by atoms with Crippen LogP contribution in [-0.2, 0) is 0 Å². The smallest absolute Gasteiger partial charge is 0.160 e. The molecule has 108 valence electrons. The maximum absolute atomic E-state index is 4.36. The lowest BCUT2D eigenvalue weighted by Crippen LogP contribution is -2.41. The monoisotopic (exact) mass is 272 g/mol. The molecule has 4 atom stereocenters. The fourth-order valence-corrected chi connectivity index (χ4v) is 3.32. The Bertz CT molecular complexity index is 577. The molecule has 4 heteroatoms. The Kier molecular flexibility index (Phi) is 3.74. The van der Waals surface area contributed by atoms with Gasteiger partial charge in [0.15, 0.2) is 11.5 Å². The molecular weight excluding hydrogens is 248 g/mol. The largest absolute Gasteiger partial charge is 0.304 e. The average molecular weight is 272 g/mol. The molecule has 1 aliphatic carbocycles. The van der Waals surface area contributed by atoms with Gasteiger partial charge in [-0.05, 0) is 43.7 Å². The Morgan fingerprint density at radius 1 is 1.25 bits per heavy atom. The van der Waals surface area contributed by atoms with Crippen LogP contribution in [0.4, 0.5) is 0 Å². The molecule has 0 amide bonds. The summed E-state index contributed by atoms with van der Waals surface area (Å²) in [4.78, 5) is 0. The fourth-order valence-electron chi connectivity index (χ4n) is 3.32. The summed E-state index contributed by atoms with van der Waals surface area (Å²) in [6.45, 7) is 6.91. The third kappa shape index (κ3) is 2.57. The molecule has 1 N–H and O–H groups in total. The van der Waals surface area contributed by atoms with Gasteiger partial charge in [0.1, 0.15) is 0 Å². The molecule has 0 aliphatic heterocycles. The highest BCUT2D eigenvalue weighted by atomic mass is 15.3. The van der Waals surface area contributed by atoms with E-state index in [2.05, 4.69) is 40.7 Å². The zero-order valence-electron chi connectivity index (χ0n) is 12.6. The summed E-state index contributed by atoms with van der Waals surface area (Å²) in [6, 6.07) is 6.83. The number of fused-ring (bicyclic) bond motifs is 1. The van der Waals surface area contributed by atoms with Crippen LogP contribution in [0.2, 0.25) is 0 Å². The van der Waals surface area contributed by atoms with Crippen LogP contribution in [0.15, 0.2) is 24.4 Å². The van der Waals surface area contributed by atoms with Crippen LogP contribution in [0.1, 0.15) is 51.9 Å². The standard InChI is InChI=1S/C16H24N4/c1-11-7-8-12(2)14(10-11)17-13(3)16-19-18-15-6-4-5-9-20(15)16/h4-6,9,11-14,17H,7-8,10H2,1-3H3. The van der Waals surface area contributed by atoms with Gasteiger partial charge in [-0.2, -0.15) is 0 Å². The molecule has 20 heavy (non-hydrogen) atoms. The highest BCUT2D eigenvalue weighted by molar-refractivity contribution is 5.37. The minimum absolute atomic E-state index is 0.227. The molecule has 0 radical (unpaired) electrons. The second kappa shape index (κ2) is 5.52. The summed E-state index contributed by atoms with van der Waals surface area (Å²) >= 11 is 0. The van der Waals surface area contributed by atoms with Gasteiger partial charge in [-0.15, -0.1) is 10.2 Å². The fraction of sp³-hybridized carbons (Fsp3) is 0.625. The zero-order chi connectivity index (χ0) is 14.1. The lowest BCUT2D eigenvalue weighted by Gasteiger charge is -2.35. The van der Waals surface area contributed by atoms with E-state index in [1.54, 1.807) is 0 Å². The van der Waals surface area contributed by atoms with Crippen LogP contribution >= 0.6 is 0 Å². The molecule has 2 aromatic heterocycles. The Balaban J connectivity index is 1.77. The third-order valence-electron chi connectivity index (χ3n) is 4.65. The molecular formula is C16H24N4. The Morgan fingerprint density at radius 2 is 2.10 bits per heavy atom. The van der Waals surface area contributed by atoms with Gasteiger partial charge in [-0.25, -0.2) is 0 Å². The predicted octanol–water partition coefficient (Wildman–Crippen LogP) is 3.20. The van der Waals surface area contributed by atoms with Crippen molar-refractivity contribution in [1.82, 2.24) is 19.9 Å². The number of pyridine rings is 1. The van der Waals surface area contributed by atoms with Gasteiger partial charge in [0.05, 0.1) is 6.04 Å². The molecule has 4 nitrogen and oxygen atoms in total. The summed E-state index contributed by atoms with van der Waals surface area (Å²) in [5.41, 5.74) is 0.918. The molecule has 0 saturated heterocycles. The molecule has 1 aliphatic rings. The number of hydrogen-bond donors (Lipinski definition) is 1. The minimum atomic E-state index is 0.227. The average Bonchev–Trinajstić information content (AvgIpc) is 2.87. The van der Waals surface area contributed by atoms with Crippen molar-refractivity contribution in [2.45, 2.75) is 52.1 Å². The molecule has 2 heterocycles. The first kappa shape index (κ1) is 13.6. The van der Waals surface area contributed by atoms with Crippen molar-refractivity contribution in [3.63, 3.8) is 0 Å². The Hall–Kier alpha value is -1.42. The molecule has 1 saturated carbocycles. The Morgan fingerprint density at radius 3 is 2.95 bits per heavy atom. The molecule has 2 aromatic rings. The summed E-state index contributed by atoms with van der Waals surface area (Å²) in [7, 11) is 0. The second-order valence-electron chi connectivity index (χ2n) is 6.38. The van der Waals surface area contributed by atoms with E-state index in [1.807, 2.05) is 24.4 Å². The van der Waals surface area contributed by atoms with E-state index in [9.17, 15) is 0 Å². The van der Waals surface area contributed by atoms with Crippen LogP contribution in [0.3, 0.4) is 0 Å². The lowest BCUT2D eigenvalue weighted by molar-refractivity contribution is 0.214. The van der Waals surface area contributed by atoms with E-state index in [-0.39, 0.29) is 6.04 Å². The maximum Gasteiger partial charge on any atom is 0.160 e. The van der Waals surface area contributed by atoms with E-state index in [4.69, 9.17) is 0 Å². The highest BCUT2D eigenvalue weighted by Crippen LogP contribution is 2.29. The number of rotatable bonds is 3. The summed E-state index contributed by atoms with van der Waals surface area (Å²) in [5.74, 6) is 2.57. The predicted molar refractivity (Wildman–Crippen MR) is 80.5 cm³/mol. The number of nitrogens with zero attached hydrogens (tertiary/aromatic N) is 3. The van der Waals surface area contributed by atoms with Crippen LogP contribution < -0.4 is 5.32 Å². The maximum atomic E-state index is 4.36. The van der Waals surface area contributed by atoms with E-state index in [0.29, 0.717) is 6.04 Å². The molecule has 3 rings (SSSR count). The lowest BCUT2D eigenvalue weighted by atomic mass is 9.80. The van der Waals surface area contributed by atoms with Crippen molar-refractivity contribution in [2.75, 3.05) is 0 Å². The summed E-state index contributed by atoms with van der Waals surface area (Å²) in [6.07, 6.45) is 5.99. The second-order valence-corrected chi connectivity index (χ2v) is 6.38. The Labute approximate surface area is 120 Å². The minimum Gasteiger partial charge on any atom is -0.304 e. The van der Waals surface area contributed by atoms with Gasteiger partial charge in [-0.3, -0.25) is 4.40 Å². The van der Waals surface area contributed by atoms with Crippen LogP contribution in [0, 0.1) is 11.8 Å². The van der Waals surface area contributed by atoms with E-state index < -0.39 is 0 Å². The van der Waals surface area contributed by atoms with Gasteiger partial charge < -0.3 is 5.32 Å². The van der Waals surface area contributed by atoms with Crippen molar-refractivity contribution in [1.29, 1.82) is 0 Å². The first-order valence-electron chi connectivity index (χ1n) is 7.71. The van der Waals surface area contributed by atoms with Crippen molar-refractivity contribution in [3.8, 4) is 0 Å². The number of hydrogen-bond acceptors (Lipinski definition) is 3. The van der Waals surface area contributed by atoms with E-state index in [0.717, 1.165) is 23.3 Å². The van der Waals surface area contributed by atoms with Crippen molar-refractivity contribution >= 4 is 5.65 Å².